The molecule has 1 rings (SSSR count). The van der Waals surface area contributed by atoms with Crippen molar-refractivity contribution in [1.82, 2.24) is 4.90 Å². The Labute approximate surface area is 193 Å². The molecule has 1 heterocycles. The second-order valence-electron chi connectivity index (χ2n) is 10.1. The van der Waals surface area contributed by atoms with Crippen LogP contribution in [0.2, 0.25) is 0 Å². The number of hydrogen-bond acceptors (Lipinski definition) is 3. The van der Waals surface area contributed by atoms with Crippen molar-refractivity contribution in [1.29, 1.82) is 5.41 Å². The molecule has 1 saturated heterocycles. The second kappa shape index (κ2) is 14.1. The van der Waals surface area contributed by atoms with E-state index < -0.39 is 0 Å². The molecule has 1 unspecified atom stereocenters. The molecule has 31 heavy (non-hydrogen) atoms. The van der Waals surface area contributed by atoms with E-state index in [0.29, 0.717) is 5.92 Å². The van der Waals surface area contributed by atoms with E-state index in [-0.39, 0.29) is 11.0 Å². The van der Waals surface area contributed by atoms with Crippen LogP contribution in [0, 0.1) is 16.7 Å². The molecule has 1 aliphatic rings. The Morgan fingerprint density at radius 3 is 2.23 bits per heavy atom. The minimum absolute atomic E-state index is 0.0469. The lowest BCUT2D eigenvalue weighted by Crippen LogP contribution is -2.50. The fourth-order valence-corrected chi connectivity index (χ4v) is 4.91. The average Bonchev–Trinajstić information content (AvgIpc) is 2.76. The van der Waals surface area contributed by atoms with Crippen molar-refractivity contribution in [3.63, 3.8) is 0 Å². The van der Waals surface area contributed by atoms with Crippen molar-refractivity contribution >= 4 is 6.21 Å². The van der Waals surface area contributed by atoms with Gasteiger partial charge in [0.2, 0.25) is 0 Å². The number of nitrogens with zero attached hydrogens (tertiary/aromatic N) is 1. The molecular weight excluding hydrogens is 380 g/mol. The summed E-state index contributed by atoms with van der Waals surface area (Å²) >= 11 is 0. The van der Waals surface area contributed by atoms with Gasteiger partial charge in [0.1, 0.15) is 0 Å². The summed E-state index contributed by atoms with van der Waals surface area (Å²) in [5.74, 6) is 0.588. The Hall–Kier alpha value is -1.19. The molecular formula is C28H50N2O. The van der Waals surface area contributed by atoms with Crippen molar-refractivity contribution in [2.75, 3.05) is 26.3 Å². The normalized spacial score (nSPS) is 17.8. The van der Waals surface area contributed by atoms with Gasteiger partial charge in [-0.25, -0.2) is 0 Å². The largest absolute Gasteiger partial charge is 0.379 e. The highest BCUT2D eigenvalue weighted by molar-refractivity contribution is 5.54. The number of allylic oxidation sites excluding steroid dienone is 3. The monoisotopic (exact) mass is 430 g/mol. The summed E-state index contributed by atoms with van der Waals surface area (Å²) in [6, 6.07) is 0. The Morgan fingerprint density at radius 1 is 1.13 bits per heavy atom. The zero-order valence-corrected chi connectivity index (χ0v) is 21.4. The van der Waals surface area contributed by atoms with Crippen LogP contribution in [0.25, 0.3) is 0 Å². The molecule has 0 aromatic heterocycles. The molecule has 1 aliphatic heterocycles. The third-order valence-corrected chi connectivity index (χ3v) is 7.50. The van der Waals surface area contributed by atoms with Crippen LogP contribution in [0.15, 0.2) is 36.0 Å². The fraction of sp³-hybridized carbons (Fsp3) is 0.750. The lowest BCUT2D eigenvalue weighted by atomic mass is 9.65. The topological polar surface area (TPSA) is 36.3 Å². The molecule has 0 aromatic carbocycles. The fourth-order valence-electron chi connectivity index (χ4n) is 4.91. The van der Waals surface area contributed by atoms with E-state index in [1.807, 2.05) is 0 Å². The Kier molecular flexibility index (Phi) is 12.6. The van der Waals surface area contributed by atoms with Crippen LogP contribution in [0.3, 0.4) is 0 Å². The van der Waals surface area contributed by atoms with Crippen LogP contribution in [-0.2, 0) is 4.74 Å². The number of nitrogens with one attached hydrogen (secondary N) is 1. The van der Waals surface area contributed by atoms with Crippen molar-refractivity contribution in [3.8, 4) is 0 Å². The third-order valence-electron chi connectivity index (χ3n) is 7.50. The Bertz CT molecular complexity index is 588. The Balaban J connectivity index is 2.81. The first-order valence-corrected chi connectivity index (χ1v) is 12.6. The average molecular weight is 431 g/mol. The van der Waals surface area contributed by atoms with Gasteiger partial charge in [0, 0.05) is 18.6 Å². The van der Waals surface area contributed by atoms with Crippen LogP contribution in [0.1, 0.15) is 92.9 Å². The highest BCUT2D eigenvalue weighted by Gasteiger charge is 2.34. The maximum atomic E-state index is 7.83. The van der Waals surface area contributed by atoms with E-state index in [1.54, 1.807) is 6.21 Å². The zero-order valence-electron chi connectivity index (χ0n) is 21.4. The number of morpholine rings is 1. The molecule has 1 N–H and O–H groups in total. The molecule has 0 bridgehead atoms. The van der Waals surface area contributed by atoms with Crippen molar-refractivity contribution < 1.29 is 4.74 Å². The van der Waals surface area contributed by atoms with Crippen molar-refractivity contribution in [2.45, 2.75) is 98.4 Å². The minimum Gasteiger partial charge on any atom is -0.379 e. The first kappa shape index (κ1) is 27.8. The minimum atomic E-state index is -0.0469. The third kappa shape index (κ3) is 8.69. The van der Waals surface area contributed by atoms with Gasteiger partial charge < -0.3 is 10.1 Å². The predicted molar refractivity (Wildman–Crippen MR) is 137 cm³/mol. The highest BCUT2D eigenvalue weighted by Crippen LogP contribution is 2.44. The van der Waals surface area contributed by atoms with Gasteiger partial charge >= 0.3 is 0 Å². The quantitative estimate of drug-likeness (QED) is 0.214. The highest BCUT2D eigenvalue weighted by atomic mass is 16.5. The standard InChI is InChI=1S/C28H50N2O/c1-8-10-15-28(17-18-29,16-11-9-2)26(5)23-24(3)13-12-14-25(4)27(6,7)30-19-21-31-22-20-30/h12-14,18,26,29H,4,8-11,15-17,19-23H2,1-3,5-7H3/b14-12+,24-13+,29-18?. The van der Waals surface area contributed by atoms with Gasteiger partial charge in [0.15, 0.2) is 0 Å². The molecule has 3 heteroatoms. The van der Waals surface area contributed by atoms with Crippen LogP contribution in [0.4, 0.5) is 0 Å². The van der Waals surface area contributed by atoms with Crippen LogP contribution in [-0.4, -0.2) is 43.0 Å². The van der Waals surface area contributed by atoms with E-state index in [1.165, 1.54) is 44.1 Å². The summed E-state index contributed by atoms with van der Waals surface area (Å²) in [5, 5.41) is 7.83. The predicted octanol–water partition coefficient (Wildman–Crippen LogP) is 7.59. The van der Waals surface area contributed by atoms with Crippen LogP contribution >= 0.6 is 0 Å². The maximum Gasteiger partial charge on any atom is 0.0594 e. The summed E-state index contributed by atoms with van der Waals surface area (Å²) in [4.78, 5) is 2.47. The van der Waals surface area contributed by atoms with Crippen LogP contribution in [0.5, 0.6) is 0 Å². The molecule has 0 aromatic rings. The molecule has 1 atom stereocenters. The van der Waals surface area contributed by atoms with E-state index in [4.69, 9.17) is 10.1 Å². The summed E-state index contributed by atoms with van der Waals surface area (Å²) in [7, 11) is 0. The summed E-state index contributed by atoms with van der Waals surface area (Å²) < 4.78 is 5.50. The summed E-state index contributed by atoms with van der Waals surface area (Å²) in [6.07, 6.45) is 17.8. The Morgan fingerprint density at radius 2 is 1.71 bits per heavy atom. The zero-order chi connectivity index (χ0) is 23.3. The smallest absolute Gasteiger partial charge is 0.0594 e. The molecule has 0 amide bonds. The molecule has 178 valence electrons. The number of hydrogen-bond donors (Lipinski definition) is 1. The van der Waals surface area contributed by atoms with Gasteiger partial charge in [0.25, 0.3) is 0 Å². The van der Waals surface area contributed by atoms with E-state index in [0.717, 1.165) is 44.7 Å². The van der Waals surface area contributed by atoms with Gasteiger partial charge in [-0.3, -0.25) is 4.90 Å². The van der Waals surface area contributed by atoms with Gasteiger partial charge in [0.05, 0.1) is 13.2 Å². The van der Waals surface area contributed by atoms with Gasteiger partial charge in [-0.15, -0.1) is 0 Å². The number of unbranched alkanes of at least 4 members (excludes halogenated alkanes) is 2. The first-order chi connectivity index (χ1) is 14.7. The van der Waals surface area contributed by atoms with E-state index >= 15 is 0 Å². The lowest BCUT2D eigenvalue weighted by molar-refractivity contribution is 0.00254. The van der Waals surface area contributed by atoms with E-state index in [9.17, 15) is 0 Å². The van der Waals surface area contributed by atoms with Crippen molar-refractivity contribution in [2.24, 2.45) is 11.3 Å². The molecule has 0 saturated carbocycles. The molecule has 0 radical (unpaired) electrons. The lowest BCUT2D eigenvalue weighted by Gasteiger charge is -2.41. The molecule has 0 spiro atoms. The van der Waals surface area contributed by atoms with Gasteiger partial charge in [-0.1, -0.05) is 76.8 Å². The summed E-state index contributed by atoms with van der Waals surface area (Å²) in [6.45, 7) is 21.7. The molecule has 3 nitrogen and oxygen atoms in total. The first-order valence-electron chi connectivity index (χ1n) is 12.6. The van der Waals surface area contributed by atoms with Gasteiger partial charge in [-0.05, 0) is 69.6 Å². The number of rotatable bonds is 15. The van der Waals surface area contributed by atoms with Crippen molar-refractivity contribution in [3.05, 3.63) is 36.0 Å². The molecule has 1 fully saturated rings. The number of ether oxygens (including phenoxy) is 1. The molecule has 0 aliphatic carbocycles. The second-order valence-corrected chi connectivity index (χ2v) is 10.1. The SMILES string of the molecule is C=C(/C=C/C=C(\C)CC(C)C(CC=N)(CCCC)CCCC)C(C)(C)N1CCOCC1. The van der Waals surface area contributed by atoms with Gasteiger partial charge in [-0.2, -0.15) is 0 Å². The van der Waals surface area contributed by atoms with E-state index in [2.05, 4.69) is 71.2 Å². The maximum absolute atomic E-state index is 7.83. The summed E-state index contributed by atoms with van der Waals surface area (Å²) in [5.41, 5.74) is 2.79. The van der Waals surface area contributed by atoms with Crippen LogP contribution < -0.4 is 0 Å².